The summed E-state index contributed by atoms with van der Waals surface area (Å²) in [4.78, 5) is 23.4. The van der Waals surface area contributed by atoms with Gasteiger partial charge in [-0.05, 0) is 42.4 Å². The van der Waals surface area contributed by atoms with Crippen LogP contribution in [0.25, 0.3) is 0 Å². The van der Waals surface area contributed by atoms with Crippen LogP contribution in [0.5, 0.6) is 0 Å². The maximum absolute atomic E-state index is 11.9. The average molecular weight is 236 g/mol. The summed E-state index contributed by atoms with van der Waals surface area (Å²) in [6.07, 6.45) is 2.55. The third kappa shape index (κ3) is 1.40. The van der Waals surface area contributed by atoms with Crippen LogP contribution in [0.3, 0.4) is 0 Å². The van der Waals surface area contributed by atoms with Crippen LogP contribution in [-0.4, -0.2) is 11.9 Å². The minimum Gasteiger partial charge on any atom is -0.393 e. The Balaban J connectivity index is 1.89. The summed E-state index contributed by atoms with van der Waals surface area (Å²) in [5, 5.41) is 0. The molecule has 0 spiro atoms. The highest BCUT2D eigenvalue weighted by Gasteiger charge is 2.57. The third-order valence-electron chi connectivity index (χ3n) is 5.62. The van der Waals surface area contributed by atoms with Crippen LogP contribution < -0.4 is 0 Å². The Morgan fingerprint density at radius 2 is 1.76 bits per heavy atom. The minimum absolute atomic E-state index is 0.171. The molecule has 3 heteroatoms. The van der Waals surface area contributed by atoms with Crippen LogP contribution >= 0.6 is 0 Å². The molecule has 3 rings (SSSR count). The van der Waals surface area contributed by atoms with Crippen molar-refractivity contribution in [1.82, 2.24) is 0 Å². The molecular formula is C14H20O3. The van der Waals surface area contributed by atoms with E-state index in [-0.39, 0.29) is 23.8 Å². The van der Waals surface area contributed by atoms with Crippen LogP contribution in [-0.2, 0) is 14.3 Å². The SMILES string of the molecule is CC1CC2CC1C(C1C(=O)OC(=O)C1C)C2C. The van der Waals surface area contributed by atoms with Gasteiger partial charge < -0.3 is 4.74 Å². The van der Waals surface area contributed by atoms with Gasteiger partial charge in [0.1, 0.15) is 0 Å². The average Bonchev–Trinajstić information content (AvgIpc) is 2.84. The molecule has 0 radical (unpaired) electrons. The van der Waals surface area contributed by atoms with Crippen LogP contribution in [0.1, 0.15) is 33.6 Å². The standard InChI is InChI=1S/C14H20O3/c1-6-4-9-5-10(6)11(7(9)2)12-8(3)13(15)17-14(12)16/h6-12H,4-5H2,1-3H3. The van der Waals surface area contributed by atoms with Gasteiger partial charge in [-0.25, -0.2) is 0 Å². The Morgan fingerprint density at radius 1 is 1.06 bits per heavy atom. The zero-order chi connectivity index (χ0) is 12.3. The number of esters is 2. The Bertz CT molecular complexity index is 376. The summed E-state index contributed by atoms with van der Waals surface area (Å²) in [7, 11) is 0. The van der Waals surface area contributed by atoms with E-state index in [2.05, 4.69) is 13.8 Å². The molecule has 2 aliphatic carbocycles. The Kier molecular flexibility index (Phi) is 2.36. The molecular weight excluding hydrogens is 216 g/mol. The zero-order valence-corrected chi connectivity index (χ0v) is 10.7. The topological polar surface area (TPSA) is 43.4 Å². The lowest BCUT2D eigenvalue weighted by Gasteiger charge is -2.35. The monoisotopic (exact) mass is 236 g/mol. The van der Waals surface area contributed by atoms with Crippen molar-refractivity contribution in [3.05, 3.63) is 0 Å². The van der Waals surface area contributed by atoms with Crippen molar-refractivity contribution in [3.8, 4) is 0 Å². The van der Waals surface area contributed by atoms with E-state index in [0.717, 1.165) is 5.92 Å². The number of rotatable bonds is 1. The maximum atomic E-state index is 11.9. The smallest absolute Gasteiger partial charge is 0.317 e. The number of carbonyl (C=O) groups is 2. The predicted molar refractivity (Wildman–Crippen MR) is 61.8 cm³/mol. The van der Waals surface area contributed by atoms with E-state index >= 15 is 0 Å². The summed E-state index contributed by atoms with van der Waals surface area (Å²) in [5.74, 6) is 2.05. The van der Waals surface area contributed by atoms with Crippen molar-refractivity contribution < 1.29 is 14.3 Å². The minimum atomic E-state index is -0.317. The number of hydrogen-bond donors (Lipinski definition) is 0. The number of fused-ring (bicyclic) bond motifs is 2. The summed E-state index contributed by atoms with van der Waals surface area (Å²) in [6, 6.07) is 0. The second-order valence-corrected chi connectivity index (χ2v) is 6.36. The highest BCUT2D eigenvalue weighted by atomic mass is 16.6. The molecule has 1 aliphatic heterocycles. The molecule has 0 amide bonds. The van der Waals surface area contributed by atoms with E-state index < -0.39 is 0 Å². The molecule has 0 aromatic rings. The van der Waals surface area contributed by atoms with Crippen LogP contribution in [0, 0.1) is 41.4 Å². The lowest BCUT2D eigenvalue weighted by Crippen LogP contribution is -2.36. The van der Waals surface area contributed by atoms with Crippen LogP contribution in [0.2, 0.25) is 0 Å². The van der Waals surface area contributed by atoms with E-state index in [1.54, 1.807) is 0 Å². The molecule has 3 fully saturated rings. The van der Waals surface area contributed by atoms with Gasteiger partial charge in [-0.3, -0.25) is 9.59 Å². The summed E-state index contributed by atoms with van der Waals surface area (Å²) in [6.45, 7) is 6.39. The van der Waals surface area contributed by atoms with E-state index in [1.165, 1.54) is 12.8 Å². The van der Waals surface area contributed by atoms with Gasteiger partial charge in [0.2, 0.25) is 0 Å². The molecule has 2 saturated carbocycles. The number of carbonyl (C=O) groups excluding carboxylic acids is 2. The van der Waals surface area contributed by atoms with Crippen molar-refractivity contribution in [3.63, 3.8) is 0 Å². The summed E-state index contributed by atoms with van der Waals surface area (Å²) in [5.41, 5.74) is 0. The predicted octanol–water partition coefficient (Wildman–Crippen LogP) is 2.25. The van der Waals surface area contributed by atoms with E-state index in [4.69, 9.17) is 4.74 Å². The van der Waals surface area contributed by atoms with Crippen LogP contribution in [0.4, 0.5) is 0 Å². The first-order chi connectivity index (χ1) is 8.00. The van der Waals surface area contributed by atoms with Crippen molar-refractivity contribution in [1.29, 1.82) is 0 Å². The van der Waals surface area contributed by atoms with Gasteiger partial charge in [0, 0.05) is 0 Å². The third-order valence-corrected chi connectivity index (χ3v) is 5.62. The molecule has 1 saturated heterocycles. The fourth-order valence-corrected chi connectivity index (χ4v) is 4.70. The molecule has 94 valence electrons. The van der Waals surface area contributed by atoms with Crippen molar-refractivity contribution in [2.24, 2.45) is 41.4 Å². The van der Waals surface area contributed by atoms with Gasteiger partial charge in [0.25, 0.3) is 0 Å². The van der Waals surface area contributed by atoms with Crippen LogP contribution in [0.15, 0.2) is 0 Å². The molecule has 1 heterocycles. The van der Waals surface area contributed by atoms with Gasteiger partial charge in [-0.2, -0.15) is 0 Å². The largest absolute Gasteiger partial charge is 0.393 e. The first-order valence-electron chi connectivity index (χ1n) is 6.76. The normalized spacial score (nSPS) is 53.2. The Morgan fingerprint density at radius 3 is 2.29 bits per heavy atom. The zero-order valence-electron chi connectivity index (χ0n) is 10.7. The number of ether oxygens (including phenoxy) is 1. The molecule has 3 nitrogen and oxygen atoms in total. The molecule has 2 bridgehead atoms. The van der Waals surface area contributed by atoms with Gasteiger partial charge in [-0.1, -0.05) is 20.8 Å². The number of cyclic esters (lactones) is 2. The fourth-order valence-electron chi connectivity index (χ4n) is 4.70. The molecule has 0 N–H and O–H groups in total. The Labute approximate surface area is 102 Å². The highest BCUT2D eigenvalue weighted by Crippen LogP contribution is 2.59. The first-order valence-corrected chi connectivity index (χ1v) is 6.76. The highest BCUT2D eigenvalue weighted by molar-refractivity contribution is 5.96. The number of hydrogen-bond acceptors (Lipinski definition) is 3. The second-order valence-electron chi connectivity index (χ2n) is 6.36. The first kappa shape index (κ1) is 11.2. The van der Waals surface area contributed by atoms with Crippen molar-refractivity contribution in [2.45, 2.75) is 33.6 Å². The lowest BCUT2D eigenvalue weighted by molar-refractivity contribution is -0.154. The summed E-state index contributed by atoms with van der Waals surface area (Å²) >= 11 is 0. The molecule has 17 heavy (non-hydrogen) atoms. The maximum Gasteiger partial charge on any atom is 0.317 e. The van der Waals surface area contributed by atoms with E-state index in [1.807, 2.05) is 6.92 Å². The lowest BCUT2D eigenvalue weighted by atomic mass is 9.67. The summed E-state index contributed by atoms with van der Waals surface area (Å²) < 4.78 is 4.81. The van der Waals surface area contributed by atoms with E-state index in [0.29, 0.717) is 23.7 Å². The van der Waals surface area contributed by atoms with Gasteiger partial charge in [0.05, 0.1) is 11.8 Å². The van der Waals surface area contributed by atoms with Gasteiger partial charge in [-0.15, -0.1) is 0 Å². The quantitative estimate of drug-likeness (QED) is 0.518. The second kappa shape index (κ2) is 3.56. The van der Waals surface area contributed by atoms with E-state index in [9.17, 15) is 9.59 Å². The molecule has 3 aliphatic rings. The van der Waals surface area contributed by atoms with Gasteiger partial charge >= 0.3 is 11.9 Å². The molecule has 7 atom stereocenters. The molecule has 0 aromatic carbocycles. The fraction of sp³-hybridized carbons (Fsp3) is 0.857. The van der Waals surface area contributed by atoms with Crippen molar-refractivity contribution >= 4 is 11.9 Å². The van der Waals surface area contributed by atoms with Crippen molar-refractivity contribution in [2.75, 3.05) is 0 Å². The van der Waals surface area contributed by atoms with Gasteiger partial charge in [0.15, 0.2) is 0 Å². The Hall–Kier alpha value is -0.860. The molecule has 0 aromatic heterocycles. The molecule has 7 unspecified atom stereocenters.